The summed E-state index contributed by atoms with van der Waals surface area (Å²) in [7, 11) is 1.68. The van der Waals surface area contributed by atoms with E-state index in [-0.39, 0.29) is 6.10 Å². The van der Waals surface area contributed by atoms with Crippen molar-refractivity contribution in [1.29, 1.82) is 0 Å². The Hall–Kier alpha value is -2.89. The molecule has 6 nitrogen and oxygen atoms in total. The van der Waals surface area contributed by atoms with Crippen LogP contribution in [-0.2, 0) is 12.8 Å². The summed E-state index contributed by atoms with van der Waals surface area (Å²) in [6.07, 6.45) is 5.26. The highest BCUT2D eigenvalue weighted by molar-refractivity contribution is 5.43. The van der Waals surface area contributed by atoms with Gasteiger partial charge in [0.15, 0.2) is 0 Å². The minimum atomic E-state index is 0.0209. The third-order valence-corrected chi connectivity index (χ3v) is 4.40. The molecular weight excluding hydrogens is 340 g/mol. The van der Waals surface area contributed by atoms with Crippen molar-refractivity contribution in [2.75, 3.05) is 7.11 Å². The van der Waals surface area contributed by atoms with E-state index in [0.717, 1.165) is 34.6 Å². The van der Waals surface area contributed by atoms with Crippen molar-refractivity contribution in [2.45, 2.75) is 46.6 Å². The van der Waals surface area contributed by atoms with Gasteiger partial charge in [0.05, 0.1) is 18.9 Å². The van der Waals surface area contributed by atoms with Gasteiger partial charge in [0, 0.05) is 24.4 Å². The molecule has 3 aromatic rings. The summed E-state index contributed by atoms with van der Waals surface area (Å²) in [6, 6.07) is 7.99. The molecule has 3 rings (SSSR count). The maximum Gasteiger partial charge on any atom is 0.250 e. The Bertz CT molecular complexity index is 901. The number of aromatic nitrogens is 4. The quantitative estimate of drug-likeness (QED) is 0.634. The van der Waals surface area contributed by atoms with Crippen molar-refractivity contribution >= 4 is 0 Å². The van der Waals surface area contributed by atoms with Crippen molar-refractivity contribution in [3.8, 4) is 17.6 Å². The molecule has 0 unspecified atom stereocenters. The Kier molecular flexibility index (Phi) is 5.74. The largest absolute Gasteiger partial charge is 0.496 e. The number of para-hydroxylation sites is 1. The average Bonchev–Trinajstić information content (AvgIpc) is 2.97. The highest BCUT2D eigenvalue weighted by Gasteiger charge is 2.20. The summed E-state index contributed by atoms with van der Waals surface area (Å²) in [4.78, 5) is 8.93. The zero-order chi connectivity index (χ0) is 19.4. The van der Waals surface area contributed by atoms with Gasteiger partial charge < -0.3 is 9.47 Å². The fourth-order valence-electron chi connectivity index (χ4n) is 2.90. The molecule has 2 aromatic heterocycles. The van der Waals surface area contributed by atoms with E-state index in [0.29, 0.717) is 18.2 Å². The molecule has 0 N–H and O–H groups in total. The first-order chi connectivity index (χ1) is 13.0. The molecule has 142 valence electrons. The lowest BCUT2D eigenvalue weighted by atomic mass is 10.0. The zero-order valence-corrected chi connectivity index (χ0v) is 16.6. The van der Waals surface area contributed by atoms with Gasteiger partial charge in [-0.05, 0) is 44.4 Å². The van der Waals surface area contributed by atoms with Gasteiger partial charge in [-0.25, -0.2) is 9.97 Å². The summed E-state index contributed by atoms with van der Waals surface area (Å²) in [5.41, 5.74) is 4.15. The molecule has 0 spiro atoms. The lowest BCUT2D eigenvalue weighted by molar-refractivity contribution is 0.229. The Morgan fingerprint density at radius 1 is 1.11 bits per heavy atom. The molecule has 0 amide bonds. The molecule has 2 heterocycles. The van der Waals surface area contributed by atoms with E-state index in [9.17, 15) is 0 Å². The van der Waals surface area contributed by atoms with E-state index >= 15 is 0 Å². The average molecular weight is 366 g/mol. The highest BCUT2D eigenvalue weighted by atomic mass is 16.5. The standard InChI is InChI=1S/C21H26N4O2/c1-6-16-12-22-21(23-13-16)25-15(4)18(20(24-25)27-14(2)3)11-17-9-7-8-10-19(17)26-5/h7-10,12-14H,6,11H2,1-5H3. The van der Waals surface area contributed by atoms with Crippen molar-refractivity contribution in [3.05, 3.63) is 59.0 Å². The molecule has 0 saturated carbocycles. The number of ether oxygens (including phenoxy) is 2. The fourth-order valence-corrected chi connectivity index (χ4v) is 2.90. The lowest BCUT2D eigenvalue weighted by Gasteiger charge is -2.11. The molecule has 1 aromatic carbocycles. The van der Waals surface area contributed by atoms with Crippen LogP contribution in [-0.4, -0.2) is 33.0 Å². The predicted molar refractivity (Wildman–Crippen MR) is 105 cm³/mol. The van der Waals surface area contributed by atoms with Crippen molar-refractivity contribution < 1.29 is 9.47 Å². The molecule has 27 heavy (non-hydrogen) atoms. The molecule has 0 atom stereocenters. The van der Waals surface area contributed by atoms with Crippen molar-refractivity contribution in [3.63, 3.8) is 0 Å². The van der Waals surface area contributed by atoms with Gasteiger partial charge >= 0.3 is 0 Å². The van der Waals surface area contributed by atoms with Gasteiger partial charge in [0.25, 0.3) is 5.95 Å². The third-order valence-electron chi connectivity index (χ3n) is 4.40. The van der Waals surface area contributed by atoms with Crippen LogP contribution in [0.2, 0.25) is 0 Å². The summed E-state index contributed by atoms with van der Waals surface area (Å²) in [5.74, 6) is 2.00. The van der Waals surface area contributed by atoms with Crippen LogP contribution in [0, 0.1) is 6.92 Å². The number of aryl methyl sites for hydroxylation is 1. The van der Waals surface area contributed by atoms with Gasteiger partial charge in [0.2, 0.25) is 5.88 Å². The van der Waals surface area contributed by atoms with Crippen LogP contribution in [0.15, 0.2) is 36.7 Å². The summed E-state index contributed by atoms with van der Waals surface area (Å²) >= 11 is 0. The van der Waals surface area contributed by atoms with Gasteiger partial charge in [-0.3, -0.25) is 0 Å². The van der Waals surface area contributed by atoms with E-state index in [1.165, 1.54) is 0 Å². The highest BCUT2D eigenvalue weighted by Crippen LogP contribution is 2.29. The molecule has 0 aliphatic carbocycles. The smallest absolute Gasteiger partial charge is 0.250 e. The van der Waals surface area contributed by atoms with Crippen LogP contribution in [0.5, 0.6) is 11.6 Å². The number of nitrogens with zero attached hydrogens (tertiary/aromatic N) is 4. The monoisotopic (exact) mass is 366 g/mol. The first-order valence-corrected chi connectivity index (χ1v) is 9.21. The van der Waals surface area contributed by atoms with E-state index < -0.39 is 0 Å². The number of methoxy groups -OCH3 is 1. The zero-order valence-electron chi connectivity index (χ0n) is 16.6. The van der Waals surface area contributed by atoms with Crippen LogP contribution >= 0.6 is 0 Å². The second-order valence-corrected chi connectivity index (χ2v) is 6.68. The van der Waals surface area contributed by atoms with E-state index in [1.54, 1.807) is 11.8 Å². The Morgan fingerprint density at radius 2 is 1.81 bits per heavy atom. The maximum atomic E-state index is 5.99. The minimum Gasteiger partial charge on any atom is -0.496 e. The first kappa shape index (κ1) is 18.9. The van der Waals surface area contributed by atoms with Crippen LogP contribution in [0.4, 0.5) is 0 Å². The van der Waals surface area contributed by atoms with Crippen LogP contribution in [0.1, 0.15) is 43.2 Å². The van der Waals surface area contributed by atoms with Gasteiger partial charge in [-0.2, -0.15) is 4.68 Å². The normalized spacial score (nSPS) is 11.0. The molecule has 0 fully saturated rings. The van der Waals surface area contributed by atoms with Gasteiger partial charge in [-0.1, -0.05) is 25.1 Å². The van der Waals surface area contributed by atoms with Crippen LogP contribution in [0.3, 0.4) is 0 Å². The molecule has 6 heteroatoms. The summed E-state index contributed by atoms with van der Waals surface area (Å²) < 4.78 is 13.2. The van der Waals surface area contributed by atoms with Crippen LogP contribution in [0.25, 0.3) is 5.95 Å². The summed E-state index contributed by atoms with van der Waals surface area (Å²) in [5, 5.41) is 4.66. The topological polar surface area (TPSA) is 62.1 Å². The second-order valence-electron chi connectivity index (χ2n) is 6.68. The molecule has 0 radical (unpaired) electrons. The molecule has 0 saturated heterocycles. The maximum absolute atomic E-state index is 5.99. The van der Waals surface area contributed by atoms with Crippen molar-refractivity contribution in [2.24, 2.45) is 0 Å². The summed E-state index contributed by atoms with van der Waals surface area (Å²) in [6.45, 7) is 8.08. The lowest BCUT2D eigenvalue weighted by Crippen LogP contribution is -2.08. The fraction of sp³-hybridized carbons (Fsp3) is 0.381. The molecule has 0 aliphatic heterocycles. The number of hydrogen-bond donors (Lipinski definition) is 0. The third kappa shape index (κ3) is 4.10. The number of benzene rings is 1. The Morgan fingerprint density at radius 3 is 2.44 bits per heavy atom. The SMILES string of the molecule is CCc1cnc(-n2nc(OC(C)C)c(Cc3ccccc3OC)c2C)nc1. The molecular formula is C21H26N4O2. The molecule has 0 aliphatic rings. The molecule has 0 bridgehead atoms. The Labute approximate surface area is 160 Å². The van der Waals surface area contributed by atoms with E-state index in [1.807, 2.05) is 51.4 Å². The number of rotatable bonds is 7. The van der Waals surface area contributed by atoms with E-state index in [4.69, 9.17) is 9.47 Å². The van der Waals surface area contributed by atoms with Crippen molar-refractivity contribution in [1.82, 2.24) is 19.7 Å². The Balaban J connectivity index is 2.04. The number of hydrogen-bond acceptors (Lipinski definition) is 5. The van der Waals surface area contributed by atoms with Crippen LogP contribution < -0.4 is 9.47 Å². The first-order valence-electron chi connectivity index (χ1n) is 9.21. The second kappa shape index (κ2) is 8.20. The predicted octanol–water partition coefficient (Wildman–Crippen LogP) is 3.92. The van der Waals surface area contributed by atoms with Gasteiger partial charge in [0.1, 0.15) is 5.75 Å². The minimum absolute atomic E-state index is 0.0209. The van der Waals surface area contributed by atoms with Gasteiger partial charge in [-0.15, -0.1) is 5.10 Å². The van der Waals surface area contributed by atoms with E-state index in [2.05, 4.69) is 28.1 Å².